The van der Waals surface area contributed by atoms with Crippen molar-refractivity contribution in [2.45, 2.75) is 6.42 Å². The van der Waals surface area contributed by atoms with E-state index < -0.39 is 0 Å². The molecule has 1 aromatic rings. The lowest BCUT2D eigenvalue weighted by Crippen LogP contribution is -2.39. The van der Waals surface area contributed by atoms with E-state index in [-0.39, 0.29) is 18.3 Å². The molecule has 0 bridgehead atoms. The summed E-state index contributed by atoms with van der Waals surface area (Å²) in [5, 5.41) is 18.4. The number of amides is 1. The first kappa shape index (κ1) is 9.98. The van der Waals surface area contributed by atoms with Crippen LogP contribution in [0, 0.1) is 0 Å². The summed E-state index contributed by atoms with van der Waals surface area (Å²) < 4.78 is 0. The number of nitrogens with zero attached hydrogens (tertiary/aromatic N) is 1. The van der Waals surface area contributed by atoms with Crippen molar-refractivity contribution >= 4 is 5.91 Å². The van der Waals surface area contributed by atoms with E-state index in [9.17, 15) is 9.90 Å². The van der Waals surface area contributed by atoms with Gasteiger partial charge in [0, 0.05) is 24.2 Å². The van der Waals surface area contributed by atoms with E-state index in [0.717, 1.165) is 5.56 Å². The molecule has 4 nitrogen and oxygen atoms in total. The fraction of sp³-hybridized carbons (Fsp3) is 0.364. The lowest BCUT2D eigenvalue weighted by molar-refractivity contribution is 0.0704. The smallest absolute Gasteiger partial charge is 0.254 e. The highest BCUT2D eigenvalue weighted by atomic mass is 16.3. The highest BCUT2D eigenvalue weighted by Gasteiger charge is 2.25. The van der Waals surface area contributed by atoms with E-state index in [4.69, 9.17) is 5.11 Å². The number of hydrogen-bond donors (Lipinski definition) is 2. The Labute approximate surface area is 87.8 Å². The van der Waals surface area contributed by atoms with Crippen LogP contribution >= 0.6 is 0 Å². The molecule has 0 spiro atoms. The van der Waals surface area contributed by atoms with Gasteiger partial charge in [-0.2, -0.15) is 0 Å². The van der Waals surface area contributed by atoms with Crippen molar-refractivity contribution in [2.24, 2.45) is 0 Å². The summed E-state index contributed by atoms with van der Waals surface area (Å²) in [5.74, 6) is 0.0747. The van der Waals surface area contributed by atoms with Crippen LogP contribution in [0.4, 0.5) is 0 Å². The van der Waals surface area contributed by atoms with E-state index in [0.29, 0.717) is 25.1 Å². The third kappa shape index (κ3) is 1.68. The van der Waals surface area contributed by atoms with Crippen LogP contribution in [-0.4, -0.2) is 40.7 Å². The second-order valence-electron chi connectivity index (χ2n) is 3.57. The van der Waals surface area contributed by atoms with E-state index in [2.05, 4.69) is 0 Å². The maximum Gasteiger partial charge on any atom is 0.254 e. The number of aliphatic hydroxyl groups excluding tert-OH is 1. The first-order valence-corrected chi connectivity index (χ1v) is 4.95. The normalized spacial score (nSPS) is 15.3. The molecular weight excluding hydrogens is 194 g/mol. The van der Waals surface area contributed by atoms with Crippen molar-refractivity contribution in [1.82, 2.24) is 4.90 Å². The van der Waals surface area contributed by atoms with Crippen LogP contribution in [0.3, 0.4) is 0 Å². The van der Waals surface area contributed by atoms with Crippen LogP contribution in [-0.2, 0) is 6.42 Å². The van der Waals surface area contributed by atoms with Crippen LogP contribution in [0.2, 0.25) is 0 Å². The molecule has 0 fully saturated rings. The molecule has 0 aromatic heterocycles. The Morgan fingerprint density at radius 3 is 2.93 bits per heavy atom. The number of β-amino-alcohol motifs (C(OH)–C–C–N with tert-alkyl or cyclic N) is 1. The lowest BCUT2D eigenvalue weighted by Gasteiger charge is -2.28. The van der Waals surface area contributed by atoms with E-state index >= 15 is 0 Å². The average molecular weight is 207 g/mol. The molecule has 1 heterocycles. The molecule has 80 valence electrons. The van der Waals surface area contributed by atoms with Crippen LogP contribution < -0.4 is 0 Å². The topological polar surface area (TPSA) is 60.8 Å². The first-order valence-electron chi connectivity index (χ1n) is 4.95. The van der Waals surface area contributed by atoms with Gasteiger partial charge in [0.1, 0.15) is 5.75 Å². The highest BCUT2D eigenvalue weighted by Crippen LogP contribution is 2.26. The number of hydrogen-bond acceptors (Lipinski definition) is 3. The van der Waals surface area contributed by atoms with Gasteiger partial charge >= 0.3 is 0 Å². The van der Waals surface area contributed by atoms with Crippen LogP contribution in [0.5, 0.6) is 5.75 Å². The molecule has 0 radical (unpaired) electrons. The van der Waals surface area contributed by atoms with Crippen LogP contribution in [0.25, 0.3) is 0 Å². The van der Waals surface area contributed by atoms with Gasteiger partial charge < -0.3 is 15.1 Å². The summed E-state index contributed by atoms with van der Waals surface area (Å²) in [6, 6.07) is 4.96. The molecule has 2 N–H and O–H groups in total. The standard InChI is InChI=1S/C11H13NO3/c13-7-6-12-5-4-8-9(11(12)15)2-1-3-10(8)14/h1-3,13-14H,4-7H2. The zero-order valence-electron chi connectivity index (χ0n) is 8.31. The second kappa shape index (κ2) is 3.90. The highest BCUT2D eigenvalue weighted by molar-refractivity contribution is 5.97. The van der Waals surface area contributed by atoms with Crippen molar-refractivity contribution in [2.75, 3.05) is 19.7 Å². The van der Waals surface area contributed by atoms with Gasteiger partial charge in [-0.15, -0.1) is 0 Å². The molecular formula is C11H13NO3. The number of fused-ring (bicyclic) bond motifs is 1. The lowest BCUT2D eigenvalue weighted by atomic mass is 9.98. The van der Waals surface area contributed by atoms with Crippen molar-refractivity contribution < 1.29 is 15.0 Å². The number of carbonyl (C=O) groups excluding carboxylic acids is 1. The largest absolute Gasteiger partial charge is 0.508 e. The molecule has 0 atom stereocenters. The average Bonchev–Trinajstić information content (AvgIpc) is 2.23. The molecule has 0 saturated carbocycles. The van der Waals surface area contributed by atoms with Gasteiger partial charge in [-0.25, -0.2) is 0 Å². The Morgan fingerprint density at radius 2 is 2.20 bits per heavy atom. The van der Waals surface area contributed by atoms with Gasteiger partial charge in [0.15, 0.2) is 0 Å². The third-order valence-corrected chi connectivity index (χ3v) is 2.67. The molecule has 0 unspecified atom stereocenters. The van der Waals surface area contributed by atoms with E-state index in [1.807, 2.05) is 0 Å². The van der Waals surface area contributed by atoms with Crippen molar-refractivity contribution in [3.05, 3.63) is 29.3 Å². The van der Waals surface area contributed by atoms with Gasteiger partial charge in [-0.3, -0.25) is 4.79 Å². The zero-order chi connectivity index (χ0) is 10.8. The quantitative estimate of drug-likeness (QED) is 0.737. The SMILES string of the molecule is O=C1c2cccc(O)c2CCN1CCO. The van der Waals surface area contributed by atoms with Gasteiger partial charge in [-0.05, 0) is 18.6 Å². The summed E-state index contributed by atoms with van der Waals surface area (Å²) in [6.45, 7) is 0.887. The minimum atomic E-state index is -0.110. The van der Waals surface area contributed by atoms with Gasteiger partial charge in [0.25, 0.3) is 5.91 Å². The Morgan fingerprint density at radius 1 is 1.40 bits per heavy atom. The molecule has 1 aliphatic heterocycles. The fourth-order valence-corrected chi connectivity index (χ4v) is 1.89. The van der Waals surface area contributed by atoms with Gasteiger partial charge in [0.2, 0.25) is 0 Å². The molecule has 15 heavy (non-hydrogen) atoms. The predicted molar refractivity (Wildman–Crippen MR) is 54.8 cm³/mol. The number of phenolic OH excluding ortho intramolecular Hbond substituents is 1. The van der Waals surface area contributed by atoms with Gasteiger partial charge in [0.05, 0.1) is 6.61 Å². The monoisotopic (exact) mass is 207 g/mol. The Balaban J connectivity index is 2.34. The van der Waals surface area contributed by atoms with E-state index in [1.54, 1.807) is 23.1 Å². The summed E-state index contributed by atoms with van der Waals surface area (Å²) in [6.07, 6.45) is 0.647. The number of phenols is 1. The second-order valence-corrected chi connectivity index (χ2v) is 3.57. The maximum atomic E-state index is 11.9. The maximum absolute atomic E-state index is 11.9. The number of carbonyl (C=O) groups is 1. The molecule has 2 rings (SSSR count). The summed E-state index contributed by atoms with van der Waals surface area (Å²) in [7, 11) is 0. The third-order valence-electron chi connectivity index (χ3n) is 2.67. The first-order chi connectivity index (χ1) is 7.24. The van der Waals surface area contributed by atoms with Crippen molar-refractivity contribution in [3.63, 3.8) is 0 Å². The van der Waals surface area contributed by atoms with E-state index in [1.165, 1.54) is 0 Å². The summed E-state index contributed by atoms with van der Waals surface area (Å²) in [5.41, 5.74) is 1.27. The number of aromatic hydroxyl groups is 1. The summed E-state index contributed by atoms with van der Waals surface area (Å²) >= 11 is 0. The molecule has 4 heteroatoms. The predicted octanol–water partition coefficient (Wildman–Crippen LogP) is 0.383. The molecule has 1 aromatic carbocycles. The Hall–Kier alpha value is -1.55. The van der Waals surface area contributed by atoms with Crippen molar-refractivity contribution in [3.8, 4) is 5.75 Å². The van der Waals surface area contributed by atoms with Crippen LogP contribution in [0.15, 0.2) is 18.2 Å². The van der Waals surface area contributed by atoms with Crippen LogP contribution in [0.1, 0.15) is 15.9 Å². The Kier molecular flexibility index (Phi) is 2.60. The molecule has 0 aliphatic carbocycles. The minimum Gasteiger partial charge on any atom is -0.508 e. The summed E-state index contributed by atoms with van der Waals surface area (Å²) in [4.78, 5) is 13.5. The van der Waals surface area contributed by atoms with Crippen molar-refractivity contribution in [1.29, 1.82) is 0 Å². The zero-order valence-corrected chi connectivity index (χ0v) is 8.31. The minimum absolute atomic E-state index is 0.0279. The number of rotatable bonds is 2. The number of benzene rings is 1. The molecule has 1 aliphatic rings. The number of aliphatic hydroxyl groups is 1. The fourth-order valence-electron chi connectivity index (χ4n) is 1.89. The van der Waals surface area contributed by atoms with Gasteiger partial charge in [-0.1, -0.05) is 6.07 Å². The molecule has 0 saturated heterocycles. The molecule has 1 amide bonds. The Bertz CT molecular complexity index is 389.